The average Bonchev–Trinajstić information content (AvgIpc) is 2.59. The van der Waals surface area contributed by atoms with Crippen LogP contribution in [0.4, 0.5) is 5.69 Å². The predicted molar refractivity (Wildman–Crippen MR) is 104 cm³/mol. The molecule has 5 nitrogen and oxygen atoms in total. The molecule has 0 saturated carbocycles. The van der Waals surface area contributed by atoms with Gasteiger partial charge in [-0.3, -0.25) is 4.79 Å². The first-order chi connectivity index (χ1) is 10.8. The van der Waals surface area contributed by atoms with Gasteiger partial charge in [0.1, 0.15) is 6.54 Å². The fraction of sp³-hybridized carbons (Fsp3) is 0.529. The summed E-state index contributed by atoms with van der Waals surface area (Å²) in [6.07, 6.45) is 5.62. The van der Waals surface area contributed by atoms with Crippen LogP contribution in [-0.4, -0.2) is 42.9 Å². The van der Waals surface area contributed by atoms with Crippen LogP contribution in [0.25, 0.3) is 0 Å². The molecule has 0 spiro atoms. The first-order valence-corrected chi connectivity index (χ1v) is 8.19. The standard InChI is InChI=1S/C17H24N4O.HI/c18-17(20-10-4-1-5-11-20)19-13-16(22)21-12-6-8-14-7-2-3-9-15(14)21;/h2-3,7,9H,1,4-6,8,10-13H2,(H2,18,19);1H. The smallest absolute Gasteiger partial charge is 0.248 e. The van der Waals surface area contributed by atoms with Gasteiger partial charge < -0.3 is 15.5 Å². The molecule has 1 aromatic carbocycles. The summed E-state index contributed by atoms with van der Waals surface area (Å²) in [5, 5.41) is 0. The molecule has 1 fully saturated rings. The maximum atomic E-state index is 12.5. The van der Waals surface area contributed by atoms with Crippen LogP contribution in [0.5, 0.6) is 0 Å². The first-order valence-electron chi connectivity index (χ1n) is 8.19. The van der Waals surface area contributed by atoms with Crippen molar-refractivity contribution in [2.75, 3.05) is 31.1 Å². The average molecular weight is 428 g/mol. The van der Waals surface area contributed by atoms with Gasteiger partial charge in [-0.25, -0.2) is 4.99 Å². The maximum Gasteiger partial charge on any atom is 0.248 e. The minimum absolute atomic E-state index is 0. The molecule has 2 N–H and O–H groups in total. The van der Waals surface area contributed by atoms with Crippen LogP contribution >= 0.6 is 24.0 Å². The summed E-state index contributed by atoms with van der Waals surface area (Å²) >= 11 is 0. The van der Waals surface area contributed by atoms with Crippen LogP contribution in [0.2, 0.25) is 0 Å². The van der Waals surface area contributed by atoms with Crippen LogP contribution in [0.1, 0.15) is 31.2 Å². The lowest BCUT2D eigenvalue weighted by atomic mass is 10.0. The van der Waals surface area contributed by atoms with Crippen LogP contribution in [0.15, 0.2) is 29.3 Å². The van der Waals surface area contributed by atoms with E-state index in [0.717, 1.165) is 51.0 Å². The van der Waals surface area contributed by atoms with Gasteiger partial charge in [-0.2, -0.15) is 0 Å². The molecule has 2 heterocycles. The van der Waals surface area contributed by atoms with Crippen molar-refractivity contribution in [2.24, 2.45) is 10.7 Å². The molecule has 0 aliphatic carbocycles. The molecule has 1 amide bonds. The van der Waals surface area contributed by atoms with Crippen molar-refractivity contribution < 1.29 is 4.79 Å². The van der Waals surface area contributed by atoms with E-state index in [-0.39, 0.29) is 36.4 Å². The molecule has 2 aliphatic heterocycles. The van der Waals surface area contributed by atoms with Gasteiger partial charge >= 0.3 is 0 Å². The van der Waals surface area contributed by atoms with Crippen LogP contribution in [-0.2, 0) is 11.2 Å². The van der Waals surface area contributed by atoms with Crippen LogP contribution in [0, 0.1) is 0 Å². The number of fused-ring (bicyclic) bond motifs is 1. The summed E-state index contributed by atoms with van der Waals surface area (Å²) in [4.78, 5) is 20.8. The van der Waals surface area contributed by atoms with E-state index in [2.05, 4.69) is 16.0 Å². The molecule has 126 valence electrons. The highest BCUT2D eigenvalue weighted by Gasteiger charge is 2.22. The predicted octanol–water partition coefficient (Wildman–Crippen LogP) is 2.38. The lowest BCUT2D eigenvalue weighted by Gasteiger charge is -2.30. The third-order valence-electron chi connectivity index (χ3n) is 4.47. The Morgan fingerprint density at radius 2 is 1.83 bits per heavy atom. The van der Waals surface area contributed by atoms with Crippen molar-refractivity contribution in [2.45, 2.75) is 32.1 Å². The largest absolute Gasteiger partial charge is 0.370 e. The molecule has 0 radical (unpaired) electrons. The summed E-state index contributed by atoms with van der Waals surface area (Å²) in [7, 11) is 0. The molecule has 23 heavy (non-hydrogen) atoms. The van der Waals surface area contributed by atoms with Gasteiger partial charge in [0.2, 0.25) is 5.91 Å². The minimum atomic E-state index is 0. The summed E-state index contributed by atoms with van der Waals surface area (Å²) < 4.78 is 0. The highest BCUT2D eigenvalue weighted by Crippen LogP contribution is 2.26. The van der Waals surface area contributed by atoms with Crippen molar-refractivity contribution in [1.29, 1.82) is 0 Å². The number of aliphatic imine (C=N–C) groups is 1. The molecular weight excluding hydrogens is 403 g/mol. The van der Waals surface area contributed by atoms with Gasteiger partial charge in [0, 0.05) is 25.3 Å². The van der Waals surface area contributed by atoms with Crippen LogP contribution < -0.4 is 10.6 Å². The lowest BCUT2D eigenvalue weighted by Crippen LogP contribution is -2.42. The minimum Gasteiger partial charge on any atom is -0.370 e. The van der Waals surface area contributed by atoms with E-state index in [1.807, 2.05) is 23.1 Å². The van der Waals surface area contributed by atoms with E-state index in [4.69, 9.17) is 5.73 Å². The Labute approximate surface area is 154 Å². The molecule has 1 aromatic rings. The number of amides is 1. The fourth-order valence-electron chi connectivity index (χ4n) is 3.25. The van der Waals surface area contributed by atoms with E-state index >= 15 is 0 Å². The molecule has 0 bridgehead atoms. The summed E-state index contributed by atoms with van der Waals surface area (Å²) in [5.74, 6) is 0.547. The number of para-hydroxylation sites is 1. The number of rotatable bonds is 2. The van der Waals surface area contributed by atoms with Crippen molar-refractivity contribution >= 4 is 41.5 Å². The maximum absolute atomic E-state index is 12.5. The number of carbonyl (C=O) groups is 1. The number of piperidine rings is 1. The molecule has 2 aliphatic rings. The van der Waals surface area contributed by atoms with E-state index in [0.29, 0.717) is 5.96 Å². The zero-order chi connectivity index (χ0) is 15.4. The number of halogens is 1. The van der Waals surface area contributed by atoms with Crippen molar-refractivity contribution in [3.05, 3.63) is 29.8 Å². The quantitative estimate of drug-likeness (QED) is 0.447. The molecular formula is C17H25IN4O. The highest BCUT2D eigenvalue weighted by molar-refractivity contribution is 14.0. The summed E-state index contributed by atoms with van der Waals surface area (Å²) in [5.41, 5.74) is 8.30. The molecule has 0 unspecified atom stereocenters. The Hall–Kier alpha value is -1.31. The second kappa shape index (κ2) is 8.52. The third-order valence-corrected chi connectivity index (χ3v) is 4.47. The van der Waals surface area contributed by atoms with Gasteiger partial charge in [0.15, 0.2) is 5.96 Å². The van der Waals surface area contributed by atoms with Gasteiger partial charge in [-0.15, -0.1) is 24.0 Å². The normalized spacial score (nSPS) is 18.2. The van der Waals surface area contributed by atoms with Gasteiger partial charge in [-0.1, -0.05) is 18.2 Å². The summed E-state index contributed by atoms with van der Waals surface area (Å²) in [6.45, 7) is 2.82. The first kappa shape index (κ1) is 18.0. The van der Waals surface area contributed by atoms with Gasteiger partial charge in [0.25, 0.3) is 0 Å². The van der Waals surface area contributed by atoms with E-state index < -0.39 is 0 Å². The number of likely N-dealkylation sites (tertiary alicyclic amines) is 1. The van der Waals surface area contributed by atoms with Crippen LogP contribution in [0.3, 0.4) is 0 Å². The Bertz CT molecular complexity index is 569. The van der Waals surface area contributed by atoms with Gasteiger partial charge in [0.05, 0.1) is 0 Å². The topological polar surface area (TPSA) is 61.9 Å². The number of nitrogens with zero attached hydrogens (tertiary/aromatic N) is 3. The number of hydrogen-bond donors (Lipinski definition) is 1. The van der Waals surface area contributed by atoms with Crippen molar-refractivity contribution in [1.82, 2.24) is 4.90 Å². The number of carbonyl (C=O) groups excluding carboxylic acids is 1. The third kappa shape index (κ3) is 4.37. The van der Waals surface area contributed by atoms with Gasteiger partial charge in [-0.05, 0) is 43.7 Å². The molecule has 6 heteroatoms. The number of hydrogen-bond acceptors (Lipinski definition) is 2. The highest BCUT2D eigenvalue weighted by atomic mass is 127. The molecule has 1 saturated heterocycles. The number of benzene rings is 1. The molecule has 0 aromatic heterocycles. The monoisotopic (exact) mass is 428 g/mol. The number of anilines is 1. The fourth-order valence-corrected chi connectivity index (χ4v) is 3.25. The zero-order valence-corrected chi connectivity index (χ0v) is 15.7. The Kier molecular flexibility index (Phi) is 6.68. The summed E-state index contributed by atoms with van der Waals surface area (Å²) in [6, 6.07) is 8.12. The van der Waals surface area contributed by atoms with E-state index in [1.54, 1.807) is 0 Å². The van der Waals surface area contributed by atoms with E-state index in [9.17, 15) is 4.79 Å². The Morgan fingerprint density at radius 1 is 1.09 bits per heavy atom. The second-order valence-electron chi connectivity index (χ2n) is 6.00. The van der Waals surface area contributed by atoms with Crippen molar-refractivity contribution in [3.8, 4) is 0 Å². The SMILES string of the molecule is I.NC(=NCC(=O)N1CCCc2ccccc21)N1CCCCC1. The zero-order valence-electron chi connectivity index (χ0n) is 13.4. The number of guanidine groups is 1. The Morgan fingerprint density at radius 3 is 2.61 bits per heavy atom. The van der Waals surface area contributed by atoms with E-state index in [1.165, 1.54) is 12.0 Å². The Balaban J connectivity index is 0.00000192. The number of nitrogens with two attached hydrogens (primary N) is 1. The number of aryl methyl sites for hydroxylation is 1. The molecule has 3 rings (SSSR count). The van der Waals surface area contributed by atoms with Crippen molar-refractivity contribution in [3.63, 3.8) is 0 Å². The second-order valence-corrected chi connectivity index (χ2v) is 6.00. The lowest BCUT2D eigenvalue weighted by molar-refractivity contribution is -0.117. The molecule has 0 atom stereocenters.